The van der Waals surface area contributed by atoms with Crippen molar-refractivity contribution in [2.24, 2.45) is 0 Å². The summed E-state index contributed by atoms with van der Waals surface area (Å²) in [5.41, 5.74) is 4.41. The average molecular weight is 425 g/mol. The minimum absolute atomic E-state index is 0.111. The van der Waals surface area contributed by atoms with E-state index in [1.807, 2.05) is 42.6 Å². The molecule has 2 aromatic heterocycles. The molecule has 0 aliphatic carbocycles. The van der Waals surface area contributed by atoms with E-state index in [1.165, 1.54) is 0 Å². The molecule has 5 rings (SSSR count). The maximum atomic E-state index is 12.6. The summed E-state index contributed by atoms with van der Waals surface area (Å²) in [4.78, 5) is 28.4. The SMILES string of the molecule is O=C(Cc1cccc2cnc(-c3cccc(N4CCOCC4)c3)nc12)Nc1cccnc1. The molecule has 1 amide bonds. The minimum atomic E-state index is -0.111. The summed E-state index contributed by atoms with van der Waals surface area (Å²) in [5, 5.41) is 3.79. The molecule has 0 bridgehead atoms. The van der Waals surface area contributed by atoms with Gasteiger partial charge < -0.3 is 15.0 Å². The number of para-hydroxylation sites is 1. The zero-order chi connectivity index (χ0) is 21.8. The zero-order valence-corrected chi connectivity index (χ0v) is 17.6. The Morgan fingerprint density at radius 2 is 1.91 bits per heavy atom. The number of fused-ring (bicyclic) bond motifs is 1. The van der Waals surface area contributed by atoms with Crippen molar-refractivity contribution in [3.8, 4) is 11.4 Å². The Balaban J connectivity index is 1.43. The third kappa shape index (κ3) is 4.43. The van der Waals surface area contributed by atoms with Gasteiger partial charge in [0.2, 0.25) is 5.91 Å². The molecule has 3 heterocycles. The maximum Gasteiger partial charge on any atom is 0.228 e. The van der Waals surface area contributed by atoms with E-state index in [2.05, 4.69) is 32.3 Å². The standard InChI is InChI=1S/C25H23N5O2/c31-23(28-21-7-3-9-26-17-21)15-18-4-1-6-20-16-27-25(29-24(18)20)19-5-2-8-22(14-19)30-10-12-32-13-11-30/h1-9,14,16-17H,10-13,15H2,(H,28,31). The molecule has 0 spiro atoms. The van der Waals surface area contributed by atoms with Crippen molar-refractivity contribution in [2.45, 2.75) is 6.42 Å². The van der Waals surface area contributed by atoms with Crippen LogP contribution in [0.4, 0.5) is 11.4 Å². The topological polar surface area (TPSA) is 80.2 Å². The van der Waals surface area contributed by atoms with E-state index in [9.17, 15) is 4.79 Å². The van der Waals surface area contributed by atoms with Gasteiger partial charge in [-0.05, 0) is 29.8 Å². The fourth-order valence-electron chi connectivity index (χ4n) is 3.88. The van der Waals surface area contributed by atoms with Crippen molar-refractivity contribution in [1.29, 1.82) is 0 Å². The zero-order valence-electron chi connectivity index (χ0n) is 17.6. The number of morpholine rings is 1. The second kappa shape index (κ2) is 9.11. The third-order valence-corrected chi connectivity index (χ3v) is 5.47. The molecule has 4 aromatic rings. The first-order valence-corrected chi connectivity index (χ1v) is 10.6. The summed E-state index contributed by atoms with van der Waals surface area (Å²) in [6.45, 7) is 3.22. The molecule has 1 fully saturated rings. The predicted octanol–water partition coefficient (Wildman–Crippen LogP) is 3.71. The Bertz CT molecular complexity index is 1240. The number of hydrogen-bond donors (Lipinski definition) is 1. The first kappa shape index (κ1) is 20.1. The van der Waals surface area contributed by atoms with Crippen molar-refractivity contribution in [1.82, 2.24) is 15.0 Å². The molecule has 0 unspecified atom stereocenters. The number of ether oxygens (including phenoxy) is 1. The van der Waals surface area contributed by atoms with Crippen LogP contribution >= 0.6 is 0 Å². The number of nitrogens with one attached hydrogen (secondary N) is 1. The Morgan fingerprint density at radius 3 is 2.75 bits per heavy atom. The maximum absolute atomic E-state index is 12.6. The average Bonchev–Trinajstić information content (AvgIpc) is 2.85. The summed E-state index contributed by atoms with van der Waals surface area (Å²) in [7, 11) is 0. The van der Waals surface area contributed by atoms with Gasteiger partial charge in [-0.1, -0.05) is 30.3 Å². The van der Waals surface area contributed by atoms with Crippen LogP contribution in [0.2, 0.25) is 0 Å². The van der Waals surface area contributed by atoms with E-state index in [0.29, 0.717) is 11.5 Å². The second-order valence-electron chi connectivity index (χ2n) is 7.66. The third-order valence-electron chi connectivity index (χ3n) is 5.47. The first-order chi connectivity index (χ1) is 15.8. The van der Waals surface area contributed by atoms with Gasteiger partial charge in [-0.25, -0.2) is 9.97 Å². The molecular formula is C25H23N5O2. The number of carbonyl (C=O) groups is 1. The van der Waals surface area contributed by atoms with Crippen LogP contribution in [0.5, 0.6) is 0 Å². The molecule has 1 N–H and O–H groups in total. The lowest BCUT2D eigenvalue weighted by Gasteiger charge is -2.29. The normalized spacial score (nSPS) is 13.8. The quantitative estimate of drug-likeness (QED) is 0.525. The number of rotatable bonds is 5. The number of hydrogen-bond acceptors (Lipinski definition) is 6. The Kier molecular flexibility index (Phi) is 5.72. The van der Waals surface area contributed by atoms with Gasteiger partial charge in [0.1, 0.15) is 0 Å². The monoisotopic (exact) mass is 425 g/mol. The van der Waals surface area contributed by atoms with Crippen LogP contribution in [0, 0.1) is 0 Å². The van der Waals surface area contributed by atoms with E-state index in [-0.39, 0.29) is 12.3 Å². The van der Waals surface area contributed by atoms with Crippen LogP contribution in [0.1, 0.15) is 5.56 Å². The van der Waals surface area contributed by atoms with Crippen molar-refractivity contribution in [3.63, 3.8) is 0 Å². The first-order valence-electron chi connectivity index (χ1n) is 10.6. The molecule has 1 aliphatic rings. The summed E-state index contributed by atoms with van der Waals surface area (Å²) in [6, 6.07) is 17.7. The highest BCUT2D eigenvalue weighted by atomic mass is 16.5. The Labute approximate surface area is 186 Å². The van der Waals surface area contributed by atoms with Crippen LogP contribution in [-0.2, 0) is 16.0 Å². The highest BCUT2D eigenvalue weighted by molar-refractivity contribution is 5.95. The van der Waals surface area contributed by atoms with Gasteiger partial charge in [-0.3, -0.25) is 9.78 Å². The summed E-state index contributed by atoms with van der Waals surface area (Å²) in [5.74, 6) is 0.535. The Morgan fingerprint density at radius 1 is 1.03 bits per heavy atom. The van der Waals surface area contributed by atoms with Crippen LogP contribution < -0.4 is 10.2 Å². The Hall–Kier alpha value is -3.84. The summed E-state index contributed by atoms with van der Waals surface area (Å²) in [6.07, 6.45) is 5.34. The highest BCUT2D eigenvalue weighted by Gasteiger charge is 2.14. The lowest BCUT2D eigenvalue weighted by Crippen LogP contribution is -2.36. The number of anilines is 2. The molecule has 7 nitrogen and oxygen atoms in total. The molecule has 0 radical (unpaired) electrons. The van der Waals surface area contributed by atoms with Crippen molar-refractivity contribution < 1.29 is 9.53 Å². The molecular weight excluding hydrogens is 402 g/mol. The van der Waals surface area contributed by atoms with E-state index >= 15 is 0 Å². The number of nitrogens with zero attached hydrogens (tertiary/aromatic N) is 4. The van der Waals surface area contributed by atoms with E-state index in [4.69, 9.17) is 9.72 Å². The van der Waals surface area contributed by atoms with E-state index in [0.717, 1.165) is 54.0 Å². The van der Waals surface area contributed by atoms with Gasteiger partial charge in [-0.15, -0.1) is 0 Å². The largest absolute Gasteiger partial charge is 0.378 e. The number of benzene rings is 2. The molecule has 7 heteroatoms. The lowest BCUT2D eigenvalue weighted by atomic mass is 10.1. The molecule has 1 aliphatic heterocycles. The van der Waals surface area contributed by atoms with Gasteiger partial charge in [-0.2, -0.15) is 0 Å². The van der Waals surface area contributed by atoms with Crippen LogP contribution in [-0.4, -0.2) is 47.2 Å². The van der Waals surface area contributed by atoms with Gasteiger partial charge in [0, 0.05) is 42.1 Å². The fourth-order valence-corrected chi connectivity index (χ4v) is 3.88. The highest BCUT2D eigenvalue weighted by Crippen LogP contribution is 2.25. The van der Waals surface area contributed by atoms with E-state index < -0.39 is 0 Å². The van der Waals surface area contributed by atoms with Crippen molar-refractivity contribution in [2.75, 3.05) is 36.5 Å². The van der Waals surface area contributed by atoms with Crippen molar-refractivity contribution >= 4 is 28.2 Å². The van der Waals surface area contributed by atoms with Crippen LogP contribution in [0.3, 0.4) is 0 Å². The molecule has 160 valence electrons. The van der Waals surface area contributed by atoms with E-state index in [1.54, 1.807) is 18.5 Å². The van der Waals surface area contributed by atoms with Gasteiger partial charge in [0.05, 0.1) is 37.0 Å². The second-order valence-corrected chi connectivity index (χ2v) is 7.66. The molecule has 0 saturated carbocycles. The molecule has 2 aromatic carbocycles. The number of pyridine rings is 1. The van der Waals surface area contributed by atoms with Crippen LogP contribution in [0.15, 0.2) is 73.2 Å². The van der Waals surface area contributed by atoms with Gasteiger partial charge in [0.25, 0.3) is 0 Å². The number of amides is 1. The molecule has 32 heavy (non-hydrogen) atoms. The smallest absolute Gasteiger partial charge is 0.228 e. The van der Waals surface area contributed by atoms with Gasteiger partial charge >= 0.3 is 0 Å². The van der Waals surface area contributed by atoms with Gasteiger partial charge in [0.15, 0.2) is 5.82 Å². The van der Waals surface area contributed by atoms with Crippen molar-refractivity contribution in [3.05, 3.63) is 78.8 Å². The lowest BCUT2D eigenvalue weighted by molar-refractivity contribution is -0.115. The summed E-state index contributed by atoms with van der Waals surface area (Å²) >= 11 is 0. The van der Waals surface area contributed by atoms with Crippen LogP contribution in [0.25, 0.3) is 22.3 Å². The predicted molar refractivity (Wildman–Crippen MR) is 125 cm³/mol. The fraction of sp³-hybridized carbons (Fsp3) is 0.200. The number of carbonyl (C=O) groups excluding carboxylic acids is 1. The molecule has 0 atom stereocenters. The summed E-state index contributed by atoms with van der Waals surface area (Å²) < 4.78 is 5.46. The minimum Gasteiger partial charge on any atom is -0.378 e. The number of aromatic nitrogens is 3. The molecule has 1 saturated heterocycles.